The molecule has 3 aromatic rings. The lowest BCUT2D eigenvalue weighted by Crippen LogP contribution is -2.32. The molecule has 2 aromatic carbocycles. The molecule has 0 aliphatic heterocycles. The summed E-state index contributed by atoms with van der Waals surface area (Å²) >= 11 is 6.17. The van der Waals surface area contributed by atoms with Crippen LogP contribution in [-0.2, 0) is 0 Å². The Morgan fingerprint density at radius 2 is 2.00 bits per heavy atom. The van der Waals surface area contributed by atoms with Crippen molar-refractivity contribution in [2.24, 2.45) is 0 Å². The Balaban J connectivity index is 2.43. The van der Waals surface area contributed by atoms with Gasteiger partial charge in [0.25, 0.3) is 5.56 Å². The first-order valence-electron chi connectivity index (χ1n) is 7.77. The Kier molecular flexibility index (Phi) is 4.65. The Labute approximate surface area is 152 Å². The number of nitrogens with zero attached hydrogens (tertiary/aromatic N) is 2. The minimum Gasteiger partial charge on any atom is -0.465 e. The van der Waals surface area contributed by atoms with Gasteiger partial charge in [0, 0.05) is 5.56 Å². The van der Waals surface area contributed by atoms with Crippen molar-refractivity contribution in [3.05, 3.63) is 69.0 Å². The summed E-state index contributed by atoms with van der Waals surface area (Å²) in [7, 11) is 0. The molecule has 0 saturated carbocycles. The highest BCUT2D eigenvalue weighted by Gasteiger charge is 2.21. The van der Waals surface area contributed by atoms with E-state index in [-0.39, 0.29) is 27.5 Å². The predicted octanol–water partition coefficient (Wildman–Crippen LogP) is 3.82. The average molecular weight is 376 g/mol. The summed E-state index contributed by atoms with van der Waals surface area (Å²) in [4.78, 5) is 28.6. The Bertz CT molecular complexity index is 1080. The van der Waals surface area contributed by atoms with Crippen molar-refractivity contribution in [1.29, 1.82) is 0 Å². The maximum Gasteiger partial charge on any atom is 0.405 e. The molecule has 0 radical (unpaired) electrons. The first-order chi connectivity index (χ1) is 12.3. The van der Waals surface area contributed by atoms with E-state index in [1.807, 2.05) is 0 Å². The molecule has 0 spiro atoms. The first kappa shape index (κ1) is 17.9. The minimum absolute atomic E-state index is 0.140. The number of fused-ring (bicyclic) bond motifs is 1. The molecule has 1 amide bonds. The molecule has 8 heteroatoms. The molecule has 0 fully saturated rings. The third-order valence-corrected chi connectivity index (χ3v) is 4.39. The lowest BCUT2D eigenvalue weighted by atomic mass is 10.1. The van der Waals surface area contributed by atoms with Crippen LogP contribution in [0, 0.1) is 12.7 Å². The van der Waals surface area contributed by atoms with Gasteiger partial charge in [-0.3, -0.25) is 9.36 Å². The molecule has 26 heavy (non-hydrogen) atoms. The molecule has 1 aromatic heterocycles. The summed E-state index contributed by atoms with van der Waals surface area (Å²) < 4.78 is 15.3. The van der Waals surface area contributed by atoms with E-state index in [1.165, 1.54) is 23.6 Å². The van der Waals surface area contributed by atoms with Crippen LogP contribution in [0.3, 0.4) is 0 Å². The lowest BCUT2D eigenvalue weighted by molar-refractivity contribution is 0.190. The largest absolute Gasteiger partial charge is 0.465 e. The van der Waals surface area contributed by atoms with Crippen LogP contribution < -0.4 is 10.9 Å². The van der Waals surface area contributed by atoms with Gasteiger partial charge in [-0.05, 0) is 38.1 Å². The van der Waals surface area contributed by atoms with Crippen LogP contribution in [0.2, 0.25) is 5.02 Å². The Morgan fingerprint density at radius 3 is 2.69 bits per heavy atom. The van der Waals surface area contributed by atoms with E-state index < -0.39 is 23.5 Å². The van der Waals surface area contributed by atoms with Crippen LogP contribution in [0.4, 0.5) is 9.18 Å². The Morgan fingerprint density at radius 1 is 1.31 bits per heavy atom. The van der Waals surface area contributed by atoms with Gasteiger partial charge in [-0.2, -0.15) is 0 Å². The van der Waals surface area contributed by atoms with Crippen LogP contribution >= 0.6 is 11.6 Å². The molecule has 2 N–H and O–H groups in total. The molecule has 134 valence electrons. The highest BCUT2D eigenvalue weighted by atomic mass is 35.5. The van der Waals surface area contributed by atoms with Gasteiger partial charge in [-0.1, -0.05) is 23.7 Å². The number of rotatable bonds is 3. The van der Waals surface area contributed by atoms with E-state index >= 15 is 0 Å². The van der Waals surface area contributed by atoms with Crippen molar-refractivity contribution in [1.82, 2.24) is 14.9 Å². The molecular formula is C18H15ClFN3O3. The number of nitrogens with one attached hydrogen (secondary N) is 1. The van der Waals surface area contributed by atoms with E-state index in [0.29, 0.717) is 5.52 Å². The van der Waals surface area contributed by atoms with Gasteiger partial charge in [0.15, 0.2) is 0 Å². The zero-order chi connectivity index (χ0) is 19.0. The molecular weight excluding hydrogens is 361 g/mol. The SMILES string of the molecule is Cc1c(F)cccc1-n1c(C(C)NC(=O)O)nc2cccc(Cl)c2c1=O. The van der Waals surface area contributed by atoms with E-state index in [2.05, 4.69) is 10.3 Å². The zero-order valence-corrected chi connectivity index (χ0v) is 14.7. The third-order valence-electron chi connectivity index (χ3n) is 4.08. The van der Waals surface area contributed by atoms with E-state index in [4.69, 9.17) is 16.7 Å². The molecule has 6 nitrogen and oxygen atoms in total. The summed E-state index contributed by atoms with van der Waals surface area (Å²) in [6.07, 6.45) is -1.26. The summed E-state index contributed by atoms with van der Waals surface area (Å²) in [6.45, 7) is 3.09. The number of halogens is 2. The molecule has 0 bridgehead atoms. The zero-order valence-electron chi connectivity index (χ0n) is 14.0. The normalized spacial score (nSPS) is 12.2. The number of carboxylic acid groups (broad SMARTS) is 1. The van der Waals surface area contributed by atoms with Crippen molar-refractivity contribution in [2.75, 3.05) is 0 Å². The fourth-order valence-electron chi connectivity index (χ4n) is 2.82. The number of amides is 1. The topological polar surface area (TPSA) is 84.2 Å². The number of carbonyl (C=O) groups is 1. The highest BCUT2D eigenvalue weighted by Crippen LogP contribution is 2.24. The maximum atomic E-state index is 14.1. The maximum absolute atomic E-state index is 14.1. The Hall–Kier alpha value is -2.93. The molecule has 1 atom stereocenters. The number of benzene rings is 2. The number of hydrogen-bond donors (Lipinski definition) is 2. The molecule has 1 heterocycles. The number of aromatic nitrogens is 2. The second-order valence-corrected chi connectivity index (χ2v) is 6.21. The first-order valence-corrected chi connectivity index (χ1v) is 8.15. The van der Waals surface area contributed by atoms with Gasteiger partial charge in [-0.15, -0.1) is 0 Å². The van der Waals surface area contributed by atoms with Gasteiger partial charge >= 0.3 is 6.09 Å². The third kappa shape index (κ3) is 3.01. The fraction of sp³-hybridized carbons (Fsp3) is 0.167. The van der Waals surface area contributed by atoms with Crippen molar-refractivity contribution in [3.63, 3.8) is 0 Å². The van der Waals surface area contributed by atoms with E-state index in [0.717, 1.165) is 0 Å². The number of hydrogen-bond acceptors (Lipinski definition) is 3. The standard InChI is InChI=1S/C18H15ClFN3O3/c1-9-12(20)6-4-8-14(9)23-16(10(2)21-18(25)26)22-13-7-3-5-11(19)15(13)17(23)24/h3-8,10,21H,1-2H3,(H,25,26). The van der Waals surface area contributed by atoms with Gasteiger partial charge in [-0.25, -0.2) is 14.2 Å². The van der Waals surface area contributed by atoms with Gasteiger partial charge in [0.2, 0.25) is 0 Å². The van der Waals surface area contributed by atoms with E-state index in [1.54, 1.807) is 31.2 Å². The average Bonchev–Trinajstić information content (AvgIpc) is 2.57. The highest BCUT2D eigenvalue weighted by molar-refractivity contribution is 6.35. The van der Waals surface area contributed by atoms with Crippen LogP contribution in [0.5, 0.6) is 0 Å². The molecule has 0 aliphatic rings. The quantitative estimate of drug-likeness (QED) is 0.729. The summed E-state index contributed by atoms with van der Waals surface area (Å²) in [5.41, 5.74) is 0.357. The monoisotopic (exact) mass is 375 g/mol. The van der Waals surface area contributed by atoms with Crippen LogP contribution in [0.1, 0.15) is 24.4 Å². The summed E-state index contributed by atoms with van der Waals surface area (Å²) in [5.74, 6) is -0.348. The van der Waals surface area contributed by atoms with Crippen molar-refractivity contribution in [3.8, 4) is 5.69 Å². The van der Waals surface area contributed by atoms with Crippen molar-refractivity contribution in [2.45, 2.75) is 19.9 Å². The summed E-state index contributed by atoms with van der Waals surface area (Å²) in [6, 6.07) is 8.33. The second kappa shape index (κ2) is 6.76. The molecule has 0 saturated heterocycles. The predicted molar refractivity (Wildman–Crippen MR) is 96.6 cm³/mol. The van der Waals surface area contributed by atoms with Gasteiger partial charge in [0.1, 0.15) is 11.6 Å². The van der Waals surface area contributed by atoms with Gasteiger partial charge in [0.05, 0.1) is 27.7 Å². The smallest absolute Gasteiger partial charge is 0.405 e. The van der Waals surface area contributed by atoms with Crippen molar-refractivity contribution < 1.29 is 14.3 Å². The van der Waals surface area contributed by atoms with Crippen LogP contribution in [0.15, 0.2) is 41.2 Å². The second-order valence-electron chi connectivity index (χ2n) is 5.80. The minimum atomic E-state index is -1.26. The molecule has 3 rings (SSSR count). The van der Waals surface area contributed by atoms with Crippen molar-refractivity contribution >= 4 is 28.6 Å². The van der Waals surface area contributed by atoms with E-state index in [9.17, 15) is 14.0 Å². The van der Waals surface area contributed by atoms with Crippen LogP contribution in [-0.4, -0.2) is 20.8 Å². The van der Waals surface area contributed by atoms with Crippen LogP contribution in [0.25, 0.3) is 16.6 Å². The molecule has 1 unspecified atom stereocenters. The fourth-order valence-corrected chi connectivity index (χ4v) is 3.07. The lowest BCUT2D eigenvalue weighted by Gasteiger charge is -2.20. The molecule has 0 aliphatic carbocycles. The van der Waals surface area contributed by atoms with Gasteiger partial charge < -0.3 is 10.4 Å². The summed E-state index contributed by atoms with van der Waals surface area (Å²) in [5, 5.41) is 11.7.